The van der Waals surface area contributed by atoms with Crippen molar-refractivity contribution in [1.82, 2.24) is 0 Å². The molecule has 0 saturated carbocycles. The number of benzene rings is 8. The van der Waals surface area contributed by atoms with Crippen molar-refractivity contribution in [2.45, 2.75) is 32.1 Å². The fraction of sp³-hybridized carbons (Fsp3) is 0.106. The first-order valence-corrected chi connectivity index (χ1v) is 16.9. The molecule has 0 N–H and O–H groups in total. The van der Waals surface area contributed by atoms with Crippen LogP contribution in [-0.4, -0.2) is 0 Å². The Kier molecular flexibility index (Phi) is 7.43. The summed E-state index contributed by atoms with van der Waals surface area (Å²) in [6, 6.07) is 62.9. The first-order valence-electron chi connectivity index (χ1n) is 16.9. The van der Waals surface area contributed by atoms with Crippen LogP contribution < -0.4 is 0 Å². The number of hydrogen-bond acceptors (Lipinski definition) is 0. The highest BCUT2D eigenvalue weighted by molar-refractivity contribution is 6.21. The smallest absolute Gasteiger partial charge is 0.0198 e. The van der Waals surface area contributed by atoms with Gasteiger partial charge in [-0.15, -0.1) is 0 Å². The highest BCUT2D eigenvalue weighted by atomic mass is 14.3. The van der Waals surface area contributed by atoms with Crippen LogP contribution in [0.15, 0.2) is 170 Å². The quantitative estimate of drug-likeness (QED) is 0.159. The zero-order chi connectivity index (χ0) is 31.8. The van der Waals surface area contributed by atoms with Crippen LogP contribution in [0.25, 0.3) is 65.7 Å². The lowest BCUT2D eigenvalue weighted by Crippen LogP contribution is -2.26. The second-order valence-electron chi connectivity index (χ2n) is 12.7. The summed E-state index contributed by atoms with van der Waals surface area (Å²) in [4.78, 5) is 0. The van der Waals surface area contributed by atoms with Gasteiger partial charge < -0.3 is 0 Å². The van der Waals surface area contributed by atoms with Crippen molar-refractivity contribution in [3.8, 4) is 33.4 Å². The second kappa shape index (κ2) is 12.0. The molecule has 0 spiro atoms. The van der Waals surface area contributed by atoms with E-state index in [4.69, 9.17) is 0 Å². The summed E-state index contributed by atoms with van der Waals surface area (Å²) < 4.78 is 0. The summed E-state index contributed by atoms with van der Waals surface area (Å²) in [5.74, 6) is 0. The molecule has 0 unspecified atom stereocenters. The third-order valence-electron chi connectivity index (χ3n) is 10.4. The molecule has 0 atom stereocenters. The molecule has 0 aromatic heterocycles. The zero-order valence-corrected chi connectivity index (χ0v) is 27.1. The molecule has 0 fully saturated rings. The summed E-state index contributed by atoms with van der Waals surface area (Å²) in [5.41, 5.74) is 10.3. The molecule has 0 radical (unpaired) electrons. The molecule has 226 valence electrons. The molecule has 0 aliphatic heterocycles. The Bertz CT molecular complexity index is 2320. The Hall–Kier alpha value is -5.46. The van der Waals surface area contributed by atoms with E-state index in [-0.39, 0.29) is 5.41 Å². The predicted octanol–water partition coefficient (Wildman–Crippen LogP) is 13.3. The van der Waals surface area contributed by atoms with E-state index in [1.807, 2.05) is 0 Å². The van der Waals surface area contributed by atoms with Gasteiger partial charge in [-0.2, -0.15) is 0 Å². The Morgan fingerprint density at radius 1 is 0.340 bits per heavy atom. The van der Waals surface area contributed by atoms with E-state index < -0.39 is 0 Å². The molecule has 8 aromatic rings. The largest absolute Gasteiger partial charge is 0.0642 e. The van der Waals surface area contributed by atoms with Gasteiger partial charge in [0.15, 0.2) is 0 Å². The van der Waals surface area contributed by atoms with Crippen LogP contribution in [0.1, 0.15) is 37.8 Å². The van der Waals surface area contributed by atoms with Gasteiger partial charge in [-0.3, -0.25) is 0 Å². The molecule has 0 saturated heterocycles. The monoisotopic (exact) mass is 602 g/mol. The molecule has 0 nitrogen and oxygen atoms in total. The molecule has 0 bridgehead atoms. The normalized spacial score (nSPS) is 11.8. The van der Waals surface area contributed by atoms with E-state index in [0.29, 0.717) is 0 Å². The van der Waals surface area contributed by atoms with E-state index in [1.54, 1.807) is 0 Å². The van der Waals surface area contributed by atoms with Gasteiger partial charge in [0.05, 0.1) is 0 Å². The van der Waals surface area contributed by atoms with Crippen molar-refractivity contribution >= 4 is 32.3 Å². The fourth-order valence-corrected chi connectivity index (χ4v) is 7.93. The first-order chi connectivity index (χ1) is 23.2. The van der Waals surface area contributed by atoms with E-state index >= 15 is 0 Å². The highest BCUT2D eigenvalue weighted by Gasteiger charge is 2.31. The van der Waals surface area contributed by atoms with Gasteiger partial charge in [-0.25, -0.2) is 0 Å². The summed E-state index contributed by atoms with van der Waals surface area (Å²) in [6.07, 6.45) is 2.04. The maximum atomic E-state index is 2.48. The summed E-state index contributed by atoms with van der Waals surface area (Å²) >= 11 is 0. The number of hydrogen-bond donors (Lipinski definition) is 0. The van der Waals surface area contributed by atoms with E-state index in [0.717, 1.165) is 12.8 Å². The van der Waals surface area contributed by atoms with E-state index in [2.05, 4.69) is 184 Å². The van der Waals surface area contributed by atoms with Gasteiger partial charge >= 0.3 is 0 Å². The minimum Gasteiger partial charge on any atom is -0.0642 e. The molecule has 0 aliphatic rings. The van der Waals surface area contributed by atoms with Crippen LogP contribution in [0.2, 0.25) is 0 Å². The van der Waals surface area contributed by atoms with Gasteiger partial charge in [0.25, 0.3) is 0 Å². The minimum atomic E-state index is -0.0998. The van der Waals surface area contributed by atoms with Gasteiger partial charge in [0.1, 0.15) is 0 Å². The van der Waals surface area contributed by atoms with Gasteiger partial charge in [-0.1, -0.05) is 178 Å². The maximum absolute atomic E-state index is 2.48. The average Bonchev–Trinajstić information content (AvgIpc) is 3.15. The lowest BCUT2D eigenvalue weighted by Gasteiger charge is -2.34. The summed E-state index contributed by atoms with van der Waals surface area (Å²) in [6.45, 7) is 4.68. The molecular formula is C47H38. The first kappa shape index (κ1) is 29.0. The van der Waals surface area contributed by atoms with E-state index in [1.165, 1.54) is 76.8 Å². The molecule has 0 heterocycles. The van der Waals surface area contributed by atoms with Gasteiger partial charge in [-0.05, 0) is 95.7 Å². The third kappa shape index (κ3) is 4.93. The molecule has 8 rings (SSSR count). The van der Waals surface area contributed by atoms with Crippen LogP contribution >= 0.6 is 0 Å². The molecule has 0 amide bonds. The van der Waals surface area contributed by atoms with Crippen LogP contribution in [-0.2, 0) is 5.41 Å². The number of fused-ring (bicyclic) bond motifs is 3. The zero-order valence-electron chi connectivity index (χ0n) is 27.1. The molecule has 0 heteroatoms. The predicted molar refractivity (Wildman–Crippen MR) is 203 cm³/mol. The van der Waals surface area contributed by atoms with Crippen molar-refractivity contribution in [2.75, 3.05) is 0 Å². The summed E-state index contributed by atoms with van der Waals surface area (Å²) in [7, 11) is 0. The van der Waals surface area contributed by atoms with Crippen LogP contribution in [0.5, 0.6) is 0 Å². The van der Waals surface area contributed by atoms with Crippen LogP contribution in [0, 0.1) is 0 Å². The van der Waals surface area contributed by atoms with Crippen molar-refractivity contribution in [3.05, 3.63) is 181 Å². The number of rotatable bonds is 7. The Morgan fingerprint density at radius 2 is 0.787 bits per heavy atom. The Balaban J connectivity index is 1.34. The summed E-state index contributed by atoms with van der Waals surface area (Å²) in [5, 5.41) is 7.68. The SMILES string of the molecule is CCC(CC)(c1cccc(-c2ccccc2)c1)c1cccc(-c2c3ccccc3c(-c3ccc4ccccc4c3)c3ccccc23)c1. The standard InChI is InChI=1S/C47H38/c1-3-47(4-2,39-22-14-20-36(31-39)33-16-6-5-7-17-33)40-23-15-21-37(32-40)45-41-24-10-12-26-43(41)46(44-27-13-11-25-42(44)45)38-29-28-34-18-8-9-19-35(34)30-38/h5-32H,3-4H2,1-2H3. The van der Waals surface area contributed by atoms with Crippen molar-refractivity contribution < 1.29 is 0 Å². The van der Waals surface area contributed by atoms with Gasteiger partial charge in [0, 0.05) is 5.41 Å². The Labute approximate surface area is 278 Å². The molecule has 0 aliphatic carbocycles. The third-order valence-corrected chi connectivity index (χ3v) is 10.4. The van der Waals surface area contributed by atoms with Crippen molar-refractivity contribution in [3.63, 3.8) is 0 Å². The molecule has 8 aromatic carbocycles. The maximum Gasteiger partial charge on any atom is 0.0198 e. The topological polar surface area (TPSA) is 0 Å². The van der Waals surface area contributed by atoms with Crippen molar-refractivity contribution in [2.24, 2.45) is 0 Å². The van der Waals surface area contributed by atoms with E-state index in [9.17, 15) is 0 Å². The lowest BCUT2D eigenvalue weighted by molar-refractivity contribution is 0.478. The average molecular weight is 603 g/mol. The lowest BCUT2D eigenvalue weighted by atomic mass is 9.69. The second-order valence-corrected chi connectivity index (χ2v) is 12.7. The van der Waals surface area contributed by atoms with Crippen molar-refractivity contribution in [1.29, 1.82) is 0 Å². The fourth-order valence-electron chi connectivity index (χ4n) is 7.93. The minimum absolute atomic E-state index is 0.0998. The van der Waals surface area contributed by atoms with Crippen LogP contribution in [0.3, 0.4) is 0 Å². The molecular weight excluding hydrogens is 565 g/mol. The Morgan fingerprint density at radius 3 is 1.36 bits per heavy atom. The van der Waals surface area contributed by atoms with Crippen LogP contribution in [0.4, 0.5) is 0 Å². The molecule has 47 heavy (non-hydrogen) atoms. The van der Waals surface area contributed by atoms with Gasteiger partial charge in [0.2, 0.25) is 0 Å². The highest BCUT2D eigenvalue weighted by Crippen LogP contribution is 2.46.